The third-order valence-electron chi connectivity index (χ3n) is 3.65. The van der Waals surface area contributed by atoms with Gasteiger partial charge in [0.05, 0.1) is 6.61 Å². The number of ether oxygens (including phenoxy) is 1. The molecule has 1 N–H and O–H groups in total. The Balaban J connectivity index is 2.09. The zero-order chi connectivity index (χ0) is 13.7. The Morgan fingerprint density at radius 2 is 2.11 bits per heavy atom. The lowest BCUT2D eigenvalue weighted by atomic mass is 9.88. The maximum atomic E-state index is 12.5. The summed E-state index contributed by atoms with van der Waals surface area (Å²) in [6, 6.07) is 5.81. The van der Waals surface area contributed by atoms with E-state index < -0.39 is 0 Å². The van der Waals surface area contributed by atoms with Crippen molar-refractivity contribution >= 4 is 5.78 Å². The molecule has 0 aliphatic carbocycles. The van der Waals surface area contributed by atoms with Crippen LogP contribution in [0.1, 0.15) is 42.1 Å². The summed E-state index contributed by atoms with van der Waals surface area (Å²) in [4.78, 5) is 12.5. The van der Waals surface area contributed by atoms with E-state index in [0.29, 0.717) is 5.78 Å². The Bertz CT molecular complexity index is 436. The number of rotatable bonds is 5. The number of carbonyl (C=O) groups excluding carboxylic acids is 1. The third kappa shape index (κ3) is 3.57. The first-order valence-corrected chi connectivity index (χ1v) is 7.20. The summed E-state index contributed by atoms with van der Waals surface area (Å²) in [6.07, 6.45) is 2.90. The lowest BCUT2D eigenvalue weighted by molar-refractivity contribution is 0.0894. The van der Waals surface area contributed by atoms with Crippen LogP contribution in [0.2, 0.25) is 0 Å². The van der Waals surface area contributed by atoms with Gasteiger partial charge in [-0.15, -0.1) is 0 Å². The second-order valence-corrected chi connectivity index (χ2v) is 5.21. The first-order chi connectivity index (χ1) is 9.22. The predicted octanol–water partition coefficient (Wildman–Crippen LogP) is 2.97. The van der Waals surface area contributed by atoms with Crippen LogP contribution in [-0.2, 0) is 0 Å². The van der Waals surface area contributed by atoms with Crippen molar-refractivity contribution in [1.82, 2.24) is 5.32 Å². The SMILES string of the molecule is CCCOc1ccc(C(=O)C2CCNCC2)c(C)c1. The number of ketones is 1. The van der Waals surface area contributed by atoms with Gasteiger partial charge in [0.15, 0.2) is 5.78 Å². The van der Waals surface area contributed by atoms with Crippen LogP contribution in [0, 0.1) is 12.8 Å². The van der Waals surface area contributed by atoms with Crippen LogP contribution in [0.25, 0.3) is 0 Å². The average Bonchev–Trinajstić information content (AvgIpc) is 2.45. The van der Waals surface area contributed by atoms with Crippen LogP contribution in [0.15, 0.2) is 18.2 Å². The van der Waals surface area contributed by atoms with Crippen LogP contribution < -0.4 is 10.1 Å². The van der Waals surface area contributed by atoms with Gasteiger partial charge in [0.1, 0.15) is 5.75 Å². The fourth-order valence-corrected chi connectivity index (χ4v) is 2.53. The maximum absolute atomic E-state index is 12.5. The first-order valence-electron chi connectivity index (χ1n) is 7.20. The molecule has 1 aromatic carbocycles. The maximum Gasteiger partial charge on any atom is 0.166 e. The number of hydrogen-bond donors (Lipinski definition) is 1. The Labute approximate surface area is 115 Å². The monoisotopic (exact) mass is 261 g/mol. The minimum absolute atomic E-state index is 0.183. The van der Waals surface area contributed by atoms with Gasteiger partial charge in [-0.2, -0.15) is 0 Å². The van der Waals surface area contributed by atoms with Crippen LogP contribution >= 0.6 is 0 Å². The van der Waals surface area contributed by atoms with Gasteiger partial charge in [0.25, 0.3) is 0 Å². The van der Waals surface area contributed by atoms with E-state index in [1.54, 1.807) is 0 Å². The quantitative estimate of drug-likeness (QED) is 0.828. The second-order valence-electron chi connectivity index (χ2n) is 5.21. The number of aryl methyl sites for hydroxylation is 1. The highest BCUT2D eigenvalue weighted by atomic mass is 16.5. The molecule has 2 rings (SSSR count). The molecule has 0 amide bonds. The zero-order valence-corrected chi connectivity index (χ0v) is 11.9. The van der Waals surface area contributed by atoms with Gasteiger partial charge in [0, 0.05) is 11.5 Å². The second kappa shape index (κ2) is 6.71. The standard InChI is InChI=1S/C16H23NO2/c1-3-10-19-14-4-5-15(12(2)11-14)16(18)13-6-8-17-9-7-13/h4-5,11,13,17H,3,6-10H2,1-2H3. The molecule has 0 spiro atoms. The molecule has 1 aliphatic rings. The number of benzene rings is 1. The molecule has 1 aromatic rings. The number of hydrogen-bond acceptors (Lipinski definition) is 3. The van der Waals surface area contributed by atoms with Gasteiger partial charge in [-0.05, 0) is 63.0 Å². The topological polar surface area (TPSA) is 38.3 Å². The van der Waals surface area contributed by atoms with E-state index in [-0.39, 0.29) is 5.92 Å². The Hall–Kier alpha value is -1.35. The van der Waals surface area contributed by atoms with Crippen molar-refractivity contribution in [3.63, 3.8) is 0 Å². The van der Waals surface area contributed by atoms with Crippen LogP contribution in [0.4, 0.5) is 0 Å². The van der Waals surface area contributed by atoms with Crippen molar-refractivity contribution < 1.29 is 9.53 Å². The van der Waals surface area contributed by atoms with Gasteiger partial charge in [-0.3, -0.25) is 4.79 Å². The lowest BCUT2D eigenvalue weighted by Crippen LogP contribution is -2.32. The molecule has 0 aromatic heterocycles. The fraction of sp³-hybridized carbons (Fsp3) is 0.562. The van der Waals surface area contributed by atoms with Crippen molar-refractivity contribution in [2.75, 3.05) is 19.7 Å². The number of nitrogens with one attached hydrogen (secondary N) is 1. The van der Waals surface area contributed by atoms with E-state index in [9.17, 15) is 4.79 Å². The van der Waals surface area contributed by atoms with Crippen LogP contribution in [0.5, 0.6) is 5.75 Å². The predicted molar refractivity (Wildman–Crippen MR) is 76.9 cm³/mol. The first kappa shape index (κ1) is 14.1. The largest absolute Gasteiger partial charge is 0.494 e. The summed E-state index contributed by atoms with van der Waals surface area (Å²) >= 11 is 0. The number of carbonyl (C=O) groups is 1. The average molecular weight is 261 g/mol. The van der Waals surface area contributed by atoms with Crippen molar-refractivity contribution in [3.8, 4) is 5.75 Å². The molecule has 3 nitrogen and oxygen atoms in total. The molecule has 0 saturated carbocycles. The van der Waals surface area contributed by atoms with E-state index in [4.69, 9.17) is 4.74 Å². The molecule has 19 heavy (non-hydrogen) atoms. The summed E-state index contributed by atoms with van der Waals surface area (Å²) in [5.74, 6) is 1.34. The smallest absolute Gasteiger partial charge is 0.166 e. The molecule has 0 atom stereocenters. The molecule has 0 unspecified atom stereocenters. The van der Waals surface area contributed by atoms with Gasteiger partial charge in [0.2, 0.25) is 0 Å². The van der Waals surface area contributed by atoms with Crippen molar-refractivity contribution in [3.05, 3.63) is 29.3 Å². The molecule has 0 bridgehead atoms. The summed E-state index contributed by atoms with van der Waals surface area (Å²) in [5.41, 5.74) is 1.88. The zero-order valence-electron chi connectivity index (χ0n) is 11.9. The molecule has 1 fully saturated rings. The van der Waals surface area contributed by atoms with Crippen molar-refractivity contribution in [2.45, 2.75) is 33.1 Å². The molecular weight excluding hydrogens is 238 g/mol. The van der Waals surface area contributed by atoms with E-state index in [0.717, 1.165) is 55.8 Å². The summed E-state index contributed by atoms with van der Waals surface area (Å²) in [7, 11) is 0. The summed E-state index contributed by atoms with van der Waals surface area (Å²) in [5, 5.41) is 3.30. The molecule has 104 valence electrons. The molecule has 3 heteroatoms. The Morgan fingerprint density at radius 3 is 2.74 bits per heavy atom. The third-order valence-corrected chi connectivity index (χ3v) is 3.65. The summed E-state index contributed by atoms with van der Waals surface area (Å²) in [6.45, 7) is 6.70. The Kier molecular flexibility index (Phi) is 4.97. The van der Waals surface area contributed by atoms with Gasteiger partial charge in [-0.1, -0.05) is 6.92 Å². The highest BCUT2D eigenvalue weighted by molar-refractivity contribution is 5.99. The highest BCUT2D eigenvalue weighted by Crippen LogP contribution is 2.23. The number of Topliss-reactive ketones (excluding diaryl/α,β-unsaturated/α-hetero) is 1. The van der Waals surface area contributed by atoms with E-state index >= 15 is 0 Å². The molecule has 1 heterocycles. The Morgan fingerprint density at radius 1 is 1.37 bits per heavy atom. The normalized spacial score (nSPS) is 16.3. The lowest BCUT2D eigenvalue weighted by Gasteiger charge is -2.22. The van der Waals surface area contributed by atoms with Crippen molar-refractivity contribution in [2.24, 2.45) is 5.92 Å². The van der Waals surface area contributed by atoms with E-state index in [1.165, 1.54) is 0 Å². The fourth-order valence-electron chi connectivity index (χ4n) is 2.53. The highest BCUT2D eigenvalue weighted by Gasteiger charge is 2.23. The minimum Gasteiger partial charge on any atom is -0.494 e. The van der Waals surface area contributed by atoms with Crippen molar-refractivity contribution in [1.29, 1.82) is 0 Å². The van der Waals surface area contributed by atoms with Gasteiger partial charge in [-0.25, -0.2) is 0 Å². The number of piperidine rings is 1. The van der Waals surface area contributed by atoms with Gasteiger partial charge < -0.3 is 10.1 Å². The molecule has 0 radical (unpaired) electrons. The van der Waals surface area contributed by atoms with Crippen LogP contribution in [-0.4, -0.2) is 25.5 Å². The molecular formula is C16H23NO2. The molecule has 1 saturated heterocycles. The van der Waals surface area contributed by atoms with Crippen LogP contribution in [0.3, 0.4) is 0 Å². The van der Waals surface area contributed by atoms with E-state index in [2.05, 4.69) is 12.2 Å². The minimum atomic E-state index is 0.183. The van der Waals surface area contributed by atoms with Gasteiger partial charge >= 0.3 is 0 Å². The van der Waals surface area contributed by atoms with E-state index in [1.807, 2.05) is 25.1 Å². The summed E-state index contributed by atoms with van der Waals surface area (Å²) < 4.78 is 5.59. The molecule has 1 aliphatic heterocycles.